The molecule has 1 aromatic heterocycles. The maximum absolute atomic E-state index is 13.9. The summed E-state index contributed by atoms with van der Waals surface area (Å²) < 4.78 is 18.8. The van der Waals surface area contributed by atoms with Crippen molar-refractivity contribution in [1.29, 1.82) is 0 Å². The lowest BCUT2D eigenvalue weighted by atomic mass is 10.1. The maximum atomic E-state index is 13.9. The van der Waals surface area contributed by atoms with Gasteiger partial charge in [-0.2, -0.15) is 0 Å². The zero-order chi connectivity index (χ0) is 20.4. The zero-order valence-corrected chi connectivity index (χ0v) is 16.7. The second-order valence-corrected chi connectivity index (χ2v) is 7.38. The van der Waals surface area contributed by atoms with Gasteiger partial charge in [0.1, 0.15) is 18.0 Å². The van der Waals surface area contributed by atoms with Crippen LogP contribution in [0.4, 0.5) is 10.2 Å². The Balaban J connectivity index is 1.78. The fourth-order valence-corrected chi connectivity index (χ4v) is 3.40. The van der Waals surface area contributed by atoms with Crippen molar-refractivity contribution in [3.05, 3.63) is 23.4 Å². The Morgan fingerprint density at radius 3 is 3.00 bits per heavy atom. The number of aliphatic carboxylic acids is 1. The van der Waals surface area contributed by atoms with Crippen molar-refractivity contribution in [3.8, 4) is 0 Å². The highest BCUT2D eigenvalue weighted by molar-refractivity contribution is 5.72. The van der Waals surface area contributed by atoms with Gasteiger partial charge in [0.2, 0.25) is 0 Å². The number of halogens is 1. The van der Waals surface area contributed by atoms with Crippen molar-refractivity contribution in [1.82, 2.24) is 9.88 Å². The maximum Gasteiger partial charge on any atom is 0.320 e. The number of nitrogens with two attached hydrogens (primary N) is 1. The molecule has 0 saturated carbocycles. The van der Waals surface area contributed by atoms with Gasteiger partial charge in [0, 0.05) is 32.4 Å². The lowest BCUT2D eigenvalue weighted by molar-refractivity contribution is -0.138. The Labute approximate surface area is 166 Å². The van der Waals surface area contributed by atoms with Gasteiger partial charge < -0.3 is 25.8 Å². The van der Waals surface area contributed by atoms with E-state index in [1.165, 1.54) is 12.7 Å². The summed E-state index contributed by atoms with van der Waals surface area (Å²) in [6, 6.07) is 3.32. The van der Waals surface area contributed by atoms with Gasteiger partial charge in [0.15, 0.2) is 0 Å². The minimum Gasteiger partial charge on any atom is -0.480 e. The molecule has 2 atom stereocenters. The summed E-state index contributed by atoms with van der Waals surface area (Å²) in [5.74, 6) is -0.0198. The number of unbranched alkanes of at least 4 members (excludes halogenated alkanes) is 1. The van der Waals surface area contributed by atoms with Crippen LogP contribution in [0.2, 0.25) is 0 Å². The van der Waals surface area contributed by atoms with E-state index in [2.05, 4.69) is 17.4 Å². The molecule has 0 amide bonds. The number of carboxylic acid groups (broad SMARTS) is 1. The number of carbonyl (C=O) groups is 1. The van der Waals surface area contributed by atoms with Crippen LogP contribution in [0.15, 0.2) is 12.1 Å². The fourth-order valence-electron chi connectivity index (χ4n) is 3.40. The van der Waals surface area contributed by atoms with Gasteiger partial charge in [-0.1, -0.05) is 6.07 Å². The van der Waals surface area contributed by atoms with Crippen LogP contribution in [0.25, 0.3) is 0 Å². The number of aromatic nitrogens is 1. The van der Waals surface area contributed by atoms with Gasteiger partial charge in [-0.15, -0.1) is 0 Å². The quantitative estimate of drug-likeness (QED) is 0.438. The van der Waals surface area contributed by atoms with Crippen molar-refractivity contribution in [2.24, 2.45) is 5.73 Å². The third kappa shape index (κ3) is 7.69. The summed E-state index contributed by atoms with van der Waals surface area (Å²) in [4.78, 5) is 17.5. The standard InChI is InChI=1S/C20H33FN4O3/c1-28-14-16(21)13-25(12-9-18(22)20(26)27)11-3-2-6-17-8-7-15-5-4-10-23-19(15)24-17/h7-8,16,18H,2-6,9-14,22H2,1H3,(H,23,24)(H,26,27)/t16-,18?/m0/s1. The van der Waals surface area contributed by atoms with E-state index in [-0.39, 0.29) is 13.2 Å². The molecule has 2 rings (SSSR count). The number of hydrogen-bond acceptors (Lipinski definition) is 6. The Morgan fingerprint density at radius 2 is 2.25 bits per heavy atom. The molecule has 0 spiro atoms. The molecular weight excluding hydrogens is 363 g/mol. The molecule has 0 fully saturated rings. The fraction of sp³-hybridized carbons (Fsp3) is 0.700. The first-order valence-corrected chi connectivity index (χ1v) is 10.1. The molecule has 0 saturated heterocycles. The second kappa shape index (κ2) is 11.9. The Kier molecular flexibility index (Phi) is 9.60. The first kappa shape index (κ1) is 22.5. The molecule has 158 valence electrons. The molecule has 8 heteroatoms. The molecule has 1 aliphatic heterocycles. The monoisotopic (exact) mass is 396 g/mol. The van der Waals surface area contributed by atoms with Gasteiger partial charge in [0.05, 0.1) is 6.61 Å². The number of carboxylic acids is 1. The number of ether oxygens (including phenoxy) is 1. The van der Waals surface area contributed by atoms with Crippen LogP contribution in [0, 0.1) is 0 Å². The topological polar surface area (TPSA) is 101 Å². The van der Waals surface area contributed by atoms with Gasteiger partial charge in [0.25, 0.3) is 0 Å². The van der Waals surface area contributed by atoms with Crippen molar-refractivity contribution in [3.63, 3.8) is 0 Å². The number of pyridine rings is 1. The summed E-state index contributed by atoms with van der Waals surface area (Å²) in [5, 5.41) is 12.3. The van der Waals surface area contributed by atoms with E-state index >= 15 is 0 Å². The average molecular weight is 397 g/mol. The normalized spacial score (nSPS) is 15.7. The predicted octanol–water partition coefficient (Wildman–Crippen LogP) is 1.85. The third-order valence-electron chi connectivity index (χ3n) is 4.99. The molecule has 0 aromatic carbocycles. The van der Waals surface area contributed by atoms with Crippen LogP contribution in [0.5, 0.6) is 0 Å². The van der Waals surface area contributed by atoms with Crippen LogP contribution < -0.4 is 11.1 Å². The molecule has 0 bridgehead atoms. The Morgan fingerprint density at radius 1 is 1.43 bits per heavy atom. The van der Waals surface area contributed by atoms with Crippen LogP contribution in [-0.2, 0) is 22.4 Å². The number of fused-ring (bicyclic) bond motifs is 1. The molecule has 0 aliphatic carbocycles. The highest BCUT2D eigenvalue weighted by Crippen LogP contribution is 2.20. The third-order valence-corrected chi connectivity index (χ3v) is 4.99. The van der Waals surface area contributed by atoms with E-state index in [9.17, 15) is 9.18 Å². The number of methoxy groups -OCH3 is 1. The molecule has 7 nitrogen and oxygen atoms in total. The predicted molar refractivity (Wildman–Crippen MR) is 107 cm³/mol. The smallest absolute Gasteiger partial charge is 0.320 e. The van der Waals surface area contributed by atoms with E-state index in [4.69, 9.17) is 20.6 Å². The highest BCUT2D eigenvalue weighted by Gasteiger charge is 2.17. The summed E-state index contributed by atoms with van der Waals surface area (Å²) in [6.07, 6.45) is 4.12. The SMILES string of the molecule is COC[C@@H](F)CN(CCCCc1ccc2c(n1)NCCC2)CCC(N)C(=O)O. The summed E-state index contributed by atoms with van der Waals surface area (Å²) >= 11 is 0. The van der Waals surface area contributed by atoms with Gasteiger partial charge in [-0.05, 0) is 56.7 Å². The Bertz CT molecular complexity index is 617. The molecule has 2 heterocycles. The summed E-state index contributed by atoms with van der Waals surface area (Å²) in [5.41, 5.74) is 7.93. The first-order valence-electron chi connectivity index (χ1n) is 10.1. The minimum atomic E-state index is -1.10. The van der Waals surface area contributed by atoms with Crippen LogP contribution in [-0.4, -0.2) is 73.1 Å². The summed E-state index contributed by atoms with van der Waals surface area (Å²) in [7, 11) is 1.47. The van der Waals surface area contributed by atoms with E-state index in [1.807, 2.05) is 4.90 Å². The van der Waals surface area contributed by atoms with Crippen molar-refractivity contribution < 1.29 is 19.0 Å². The first-order chi connectivity index (χ1) is 13.5. The number of nitrogens with zero attached hydrogens (tertiary/aromatic N) is 2. The number of aryl methyl sites for hydroxylation is 2. The molecule has 0 radical (unpaired) electrons. The van der Waals surface area contributed by atoms with Gasteiger partial charge >= 0.3 is 5.97 Å². The van der Waals surface area contributed by atoms with Crippen molar-refractivity contribution >= 4 is 11.8 Å². The zero-order valence-electron chi connectivity index (χ0n) is 16.7. The largest absolute Gasteiger partial charge is 0.480 e. The molecular formula is C20H33FN4O3. The van der Waals surface area contributed by atoms with Crippen LogP contribution in [0.1, 0.15) is 36.9 Å². The average Bonchev–Trinajstić information content (AvgIpc) is 2.68. The highest BCUT2D eigenvalue weighted by atomic mass is 19.1. The molecule has 4 N–H and O–H groups in total. The Hall–Kier alpha value is -1.77. The van der Waals surface area contributed by atoms with Gasteiger partial charge in [-0.3, -0.25) is 4.79 Å². The van der Waals surface area contributed by atoms with Crippen LogP contribution in [0.3, 0.4) is 0 Å². The molecule has 1 unspecified atom stereocenters. The van der Waals surface area contributed by atoms with Crippen molar-refractivity contribution in [2.45, 2.75) is 50.7 Å². The number of rotatable bonds is 13. The van der Waals surface area contributed by atoms with Crippen molar-refractivity contribution in [2.75, 3.05) is 45.2 Å². The number of anilines is 1. The minimum absolute atomic E-state index is 0.0352. The van der Waals surface area contributed by atoms with E-state index < -0.39 is 18.2 Å². The molecule has 1 aromatic rings. The number of hydrogen-bond donors (Lipinski definition) is 3. The van der Waals surface area contributed by atoms with E-state index in [0.717, 1.165) is 50.2 Å². The van der Waals surface area contributed by atoms with E-state index in [0.29, 0.717) is 19.5 Å². The van der Waals surface area contributed by atoms with Gasteiger partial charge in [-0.25, -0.2) is 9.37 Å². The lowest BCUT2D eigenvalue weighted by Crippen LogP contribution is -2.39. The lowest BCUT2D eigenvalue weighted by Gasteiger charge is -2.24. The second-order valence-electron chi connectivity index (χ2n) is 7.38. The number of alkyl halides is 1. The van der Waals surface area contributed by atoms with E-state index in [1.54, 1.807) is 0 Å². The molecule has 28 heavy (non-hydrogen) atoms. The molecule has 1 aliphatic rings. The number of nitrogens with one attached hydrogen (secondary N) is 1. The van der Waals surface area contributed by atoms with Crippen LogP contribution >= 0.6 is 0 Å². The summed E-state index contributed by atoms with van der Waals surface area (Å²) in [6.45, 7) is 2.38.